The van der Waals surface area contributed by atoms with E-state index in [9.17, 15) is 14.4 Å². The van der Waals surface area contributed by atoms with Gasteiger partial charge in [0.05, 0.1) is 22.3 Å². The van der Waals surface area contributed by atoms with Gasteiger partial charge in [-0.25, -0.2) is 4.98 Å². The standard InChI is InChI=1S/C17H12Cl2N4O3/c18-10-5-12-15(13(19)6-10)21-8-23(17(12)26)7-14(24)22-11-3-1-9(2-4-11)16(20)25/h1-6,8H,7H2,(H2,20,25)(H,22,24). The number of fused-ring (bicyclic) bond motifs is 1. The minimum atomic E-state index is -0.561. The van der Waals surface area contributed by atoms with E-state index in [0.29, 0.717) is 21.8 Å². The number of halogens is 2. The molecule has 3 rings (SSSR count). The Bertz CT molecular complexity index is 1080. The smallest absolute Gasteiger partial charge is 0.261 e. The number of nitrogens with one attached hydrogen (secondary N) is 1. The Labute approximate surface area is 157 Å². The number of carbonyl (C=O) groups is 2. The number of aromatic nitrogens is 2. The van der Waals surface area contributed by atoms with Crippen LogP contribution in [-0.2, 0) is 11.3 Å². The lowest BCUT2D eigenvalue weighted by Gasteiger charge is -2.09. The van der Waals surface area contributed by atoms with E-state index in [1.807, 2.05) is 0 Å². The quantitative estimate of drug-likeness (QED) is 0.712. The van der Waals surface area contributed by atoms with Gasteiger partial charge in [0, 0.05) is 16.3 Å². The Kier molecular flexibility index (Phi) is 4.92. The summed E-state index contributed by atoms with van der Waals surface area (Å²) >= 11 is 12.0. The number of hydrogen-bond acceptors (Lipinski definition) is 4. The lowest BCUT2D eigenvalue weighted by atomic mass is 10.2. The van der Waals surface area contributed by atoms with Crippen molar-refractivity contribution in [3.8, 4) is 0 Å². The fourth-order valence-corrected chi connectivity index (χ4v) is 2.92. The zero-order valence-corrected chi connectivity index (χ0v) is 14.7. The molecule has 7 nitrogen and oxygen atoms in total. The van der Waals surface area contributed by atoms with Gasteiger partial charge in [0.2, 0.25) is 11.8 Å². The number of carbonyl (C=O) groups excluding carboxylic acids is 2. The molecule has 0 saturated heterocycles. The minimum Gasteiger partial charge on any atom is -0.366 e. The SMILES string of the molecule is NC(=O)c1ccc(NC(=O)Cn2cnc3c(Cl)cc(Cl)cc3c2=O)cc1. The van der Waals surface area contributed by atoms with Gasteiger partial charge in [-0.1, -0.05) is 23.2 Å². The molecule has 0 aliphatic rings. The molecule has 132 valence electrons. The van der Waals surface area contributed by atoms with Gasteiger partial charge >= 0.3 is 0 Å². The van der Waals surface area contributed by atoms with Crippen molar-refractivity contribution < 1.29 is 9.59 Å². The summed E-state index contributed by atoms with van der Waals surface area (Å²) in [5, 5.41) is 3.41. The van der Waals surface area contributed by atoms with Crippen molar-refractivity contribution >= 4 is 51.6 Å². The first-order valence-corrected chi connectivity index (χ1v) is 8.14. The molecule has 3 aromatic rings. The van der Waals surface area contributed by atoms with E-state index in [2.05, 4.69) is 10.3 Å². The Hall–Kier alpha value is -2.90. The summed E-state index contributed by atoms with van der Waals surface area (Å²) in [7, 11) is 0. The maximum absolute atomic E-state index is 12.5. The first kappa shape index (κ1) is 17.9. The molecule has 0 saturated carbocycles. The average Bonchev–Trinajstić information content (AvgIpc) is 2.58. The summed E-state index contributed by atoms with van der Waals surface area (Å²) in [6.07, 6.45) is 1.25. The fourth-order valence-electron chi connectivity index (χ4n) is 2.38. The Morgan fingerprint density at radius 3 is 2.50 bits per heavy atom. The van der Waals surface area contributed by atoms with Crippen LogP contribution in [0.25, 0.3) is 10.9 Å². The molecule has 3 N–H and O–H groups in total. The summed E-state index contributed by atoms with van der Waals surface area (Å²) in [5.74, 6) is -0.998. The van der Waals surface area contributed by atoms with E-state index in [0.717, 1.165) is 4.57 Å². The lowest BCUT2D eigenvalue weighted by Crippen LogP contribution is -2.28. The predicted octanol–water partition coefficient (Wildman–Crippen LogP) is 2.44. The number of hydrogen-bond donors (Lipinski definition) is 2. The molecule has 0 aliphatic heterocycles. The van der Waals surface area contributed by atoms with Crippen molar-refractivity contribution in [3.05, 3.63) is 68.7 Å². The summed E-state index contributed by atoms with van der Waals surface area (Å²) in [5.41, 5.74) is 5.84. The number of benzene rings is 2. The molecule has 0 aliphatic carbocycles. The van der Waals surface area contributed by atoms with Crippen LogP contribution in [0, 0.1) is 0 Å². The Morgan fingerprint density at radius 2 is 1.85 bits per heavy atom. The maximum Gasteiger partial charge on any atom is 0.261 e. The number of nitrogens with zero attached hydrogens (tertiary/aromatic N) is 2. The molecule has 2 amide bonds. The lowest BCUT2D eigenvalue weighted by molar-refractivity contribution is -0.116. The van der Waals surface area contributed by atoms with Gasteiger partial charge in [0.1, 0.15) is 6.54 Å². The second-order valence-electron chi connectivity index (χ2n) is 5.45. The van der Waals surface area contributed by atoms with Gasteiger partial charge in [0.25, 0.3) is 5.56 Å². The molecule has 1 heterocycles. The van der Waals surface area contributed by atoms with Crippen LogP contribution in [0.1, 0.15) is 10.4 Å². The van der Waals surface area contributed by atoms with Gasteiger partial charge in [-0.15, -0.1) is 0 Å². The van der Waals surface area contributed by atoms with Gasteiger partial charge in [-0.3, -0.25) is 19.0 Å². The third kappa shape index (κ3) is 3.68. The van der Waals surface area contributed by atoms with Crippen LogP contribution >= 0.6 is 23.2 Å². The molecule has 0 atom stereocenters. The average molecular weight is 391 g/mol. The molecular formula is C17H12Cl2N4O3. The van der Waals surface area contributed by atoms with E-state index < -0.39 is 17.4 Å². The summed E-state index contributed by atoms with van der Waals surface area (Å²) in [6, 6.07) is 9.01. The molecule has 0 spiro atoms. The van der Waals surface area contributed by atoms with Crippen LogP contribution in [0.4, 0.5) is 5.69 Å². The summed E-state index contributed by atoms with van der Waals surface area (Å²) in [6.45, 7) is -0.247. The molecular weight excluding hydrogens is 379 g/mol. The topological polar surface area (TPSA) is 107 Å². The highest BCUT2D eigenvalue weighted by molar-refractivity contribution is 6.38. The molecule has 0 fully saturated rings. The van der Waals surface area contributed by atoms with Crippen molar-refractivity contribution in [1.29, 1.82) is 0 Å². The normalized spacial score (nSPS) is 10.7. The fraction of sp³-hybridized carbons (Fsp3) is 0.0588. The van der Waals surface area contributed by atoms with Gasteiger partial charge in [0.15, 0.2) is 0 Å². The van der Waals surface area contributed by atoms with Crippen LogP contribution in [0.15, 0.2) is 47.5 Å². The first-order valence-electron chi connectivity index (χ1n) is 7.39. The van der Waals surface area contributed by atoms with Crippen molar-refractivity contribution in [2.24, 2.45) is 5.73 Å². The first-order chi connectivity index (χ1) is 12.3. The molecule has 9 heteroatoms. The number of anilines is 1. The number of nitrogens with two attached hydrogens (primary N) is 1. The number of rotatable bonds is 4. The molecule has 0 bridgehead atoms. The van der Waals surface area contributed by atoms with Crippen molar-refractivity contribution in [2.45, 2.75) is 6.54 Å². The van der Waals surface area contributed by atoms with Crippen molar-refractivity contribution in [3.63, 3.8) is 0 Å². The summed E-state index contributed by atoms with van der Waals surface area (Å²) in [4.78, 5) is 39.8. The molecule has 0 unspecified atom stereocenters. The Balaban J connectivity index is 1.82. The van der Waals surface area contributed by atoms with Crippen LogP contribution in [0.2, 0.25) is 10.0 Å². The van der Waals surface area contributed by atoms with Crippen LogP contribution in [0.5, 0.6) is 0 Å². The number of amides is 2. The summed E-state index contributed by atoms with van der Waals surface area (Å²) < 4.78 is 1.15. The van der Waals surface area contributed by atoms with E-state index in [4.69, 9.17) is 28.9 Å². The highest BCUT2D eigenvalue weighted by Crippen LogP contribution is 2.23. The highest BCUT2D eigenvalue weighted by atomic mass is 35.5. The molecule has 1 aromatic heterocycles. The maximum atomic E-state index is 12.5. The van der Waals surface area contributed by atoms with E-state index in [1.165, 1.54) is 30.6 Å². The van der Waals surface area contributed by atoms with Gasteiger partial charge in [-0.2, -0.15) is 0 Å². The van der Waals surface area contributed by atoms with Gasteiger partial charge < -0.3 is 11.1 Å². The van der Waals surface area contributed by atoms with Crippen LogP contribution < -0.4 is 16.6 Å². The second kappa shape index (κ2) is 7.15. The third-order valence-electron chi connectivity index (χ3n) is 3.61. The van der Waals surface area contributed by atoms with Gasteiger partial charge in [-0.05, 0) is 36.4 Å². The third-order valence-corrected chi connectivity index (χ3v) is 4.12. The minimum absolute atomic E-state index is 0.226. The zero-order valence-electron chi connectivity index (χ0n) is 13.2. The zero-order chi connectivity index (χ0) is 18.8. The molecule has 26 heavy (non-hydrogen) atoms. The van der Waals surface area contributed by atoms with Crippen molar-refractivity contribution in [2.75, 3.05) is 5.32 Å². The van der Waals surface area contributed by atoms with Crippen LogP contribution in [-0.4, -0.2) is 21.4 Å². The van der Waals surface area contributed by atoms with Crippen molar-refractivity contribution in [1.82, 2.24) is 9.55 Å². The van der Waals surface area contributed by atoms with E-state index >= 15 is 0 Å². The monoisotopic (exact) mass is 390 g/mol. The molecule has 0 radical (unpaired) electrons. The van der Waals surface area contributed by atoms with Crippen LogP contribution in [0.3, 0.4) is 0 Å². The predicted molar refractivity (Wildman–Crippen MR) is 99.6 cm³/mol. The van der Waals surface area contributed by atoms with E-state index in [1.54, 1.807) is 12.1 Å². The highest BCUT2D eigenvalue weighted by Gasteiger charge is 2.11. The Morgan fingerprint density at radius 1 is 1.15 bits per heavy atom. The largest absolute Gasteiger partial charge is 0.366 e. The molecule has 2 aromatic carbocycles. The number of primary amides is 1. The van der Waals surface area contributed by atoms with E-state index in [-0.39, 0.29) is 17.0 Å². The second-order valence-corrected chi connectivity index (χ2v) is 6.29.